The SMILES string of the molecule is CCOC(=O)NCc1cc(C(=O)N2CCCC2C(=O)OC)ccn1. The van der Waals surface area contributed by atoms with E-state index in [0.717, 1.165) is 6.42 Å². The smallest absolute Gasteiger partial charge is 0.407 e. The molecule has 2 heterocycles. The number of hydrogen-bond acceptors (Lipinski definition) is 6. The number of carbonyl (C=O) groups excluding carboxylic acids is 3. The fourth-order valence-corrected chi connectivity index (χ4v) is 2.61. The topological polar surface area (TPSA) is 97.8 Å². The highest BCUT2D eigenvalue weighted by atomic mass is 16.5. The van der Waals surface area contributed by atoms with Gasteiger partial charge in [0.1, 0.15) is 6.04 Å². The van der Waals surface area contributed by atoms with Gasteiger partial charge in [0.05, 0.1) is 26.0 Å². The van der Waals surface area contributed by atoms with Crippen LogP contribution >= 0.6 is 0 Å². The highest BCUT2D eigenvalue weighted by molar-refractivity contribution is 5.97. The van der Waals surface area contributed by atoms with E-state index in [0.29, 0.717) is 24.2 Å². The molecule has 0 bridgehead atoms. The van der Waals surface area contributed by atoms with Crippen LogP contribution in [0.2, 0.25) is 0 Å². The van der Waals surface area contributed by atoms with Crippen LogP contribution in [0.4, 0.5) is 4.79 Å². The number of likely N-dealkylation sites (tertiary alicyclic amines) is 1. The number of aromatic nitrogens is 1. The monoisotopic (exact) mass is 335 g/mol. The molecule has 0 aliphatic carbocycles. The molecule has 1 aliphatic heterocycles. The van der Waals surface area contributed by atoms with E-state index in [1.54, 1.807) is 19.1 Å². The summed E-state index contributed by atoms with van der Waals surface area (Å²) in [7, 11) is 1.31. The van der Waals surface area contributed by atoms with Crippen molar-refractivity contribution in [1.82, 2.24) is 15.2 Å². The van der Waals surface area contributed by atoms with E-state index in [2.05, 4.69) is 10.3 Å². The first-order valence-corrected chi connectivity index (χ1v) is 7.81. The van der Waals surface area contributed by atoms with Crippen molar-refractivity contribution in [3.63, 3.8) is 0 Å². The fraction of sp³-hybridized carbons (Fsp3) is 0.500. The number of methoxy groups -OCH3 is 1. The molecule has 130 valence electrons. The lowest BCUT2D eigenvalue weighted by Gasteiger charge is -2.22. The standard InChI is InChI=1S/C16H21N3O5/c1-3-24-16(22)18-10-12-9-11(6-7-17-12)14(20)19-8-4-5-13(19)15(21)23-2/h6-7,9,13H,3-5,8,10H2,1-2H3,(H,18,22). The number of pyridine rings is 1. The zero-order valence-electron chi connectivity index (χ0n) is 13.8. The van der Waals surface area contributed by atoms with Crippen molar-refractivity contribution >= 4 is 18.0 Å². The number of nitrogens with one attached hydrogen (secondary N) is 1. The van der Waals surface area contributed by atoms with Crippen molar-refractivity contribution in [1.29, 1.82) is 0 Å². The van der Waals surface area contributed by atoms with Gasteiger partial charge >= 0.3 is 12.1 Å². The molecule has 0 radical (unpaired) electrons. The van der Waals surface area contributed by atoms with Gasteiger partial charge in [-0.1, -0.05) is 0 Å². The molecule has 1 aromatic rings. The van der Waals surface area contributed by atoms with Crippen LogP contribution in [-0.4, -0.2) is 54.2 Å². The Morgan fingerprint density at radius 3 is 2.92 bits per heavy atom. The molecule has 1 unspecified atom stereocenters. The maximum atomic E-state index is 12.6. The van der Waals surface area contributed by atoms with Crippen molar-refractivity contribution < 1.29 is 23.9 Å². The maximum absolute atomic E-state index is 12.6. The quantitative estimate of drug-likeness (QED) is 0.809. The Labute approximate surface area is 140 Å². The molecule has 8 heteroatoms. The Bertz CT molecular complexity index is 619. The number of alkyl carbamates (subject to hydrolysis) is 1. The molecule has 1 fully saturated rings. The summed E-state index contributed by atoms with van der Waals surface area (Å²) in [6, 6.07) is 2.64. The minimum absolute atomic E-state index is 0.153. The lowest BCUT2D eigenvalue weighted by atomic mass is 10.1. The molecule has 1 aromatic heterocycles. The minimum Gasteiger partial charge on any atom is -0.467 e. The van der Waals surface area contributed by atoms with Crippen LogP contribution < -0.4 is 5.32 Å². The van der Waals surface area contributed by atoms with Crippen molar-refractivity contribution in [2.45, 2.75) is 32.4 Å². The third-order valence-electron chi connectivity index (χ3n) is 3.74. The summed E-state index contributed by atoms with van der Waals surface area (Å²) in [6.07, 6.45) is 2.31. The predicted molar refractivity (Wildman–Crippen MR) is 84.2 cm³/mol. The van der Waals surface area contributed by atoms with Gasteiger partial charge in [0.2, 0.25) is 0 Å². The molecule has 1 atom stereocenters. The second kappa shape index (κ2) is 8.28. The summed E-state index contributed by atoms with van der Waals surface area (Å²) in [4.78, 5) is 41.4. The van der Waals surface area contributed by atoms with Crippen LogP contribution in [0, 0.1) is 0 Å². The molecular formula is C16H21N3O5. The van der Waals surface area contributed by atoms with E-state index < -0.39 is 18.1 Å². The molecule has 2 rings (SSSR count). The lowest BCUT2D eigenvalue weighted by Crippen LogP contribution is -2.41. The Morgan fingerprint density at radius 1 is 1.42 bits per heavy atom. The molecule has 2 amide bonds. The third-order valence-corrected chi connectivity index (χ3v) is 3.74. The molecule has 24 heavy (non-hydrogen) atoms. The van der Waals surface area contributed by atoms with Gasteiger partial charge in [-0.25, -0.2) is 9.59 Å². The van der Waals surface area contributed by atoms with Crippen LogP contribution in [0.3, 0.4) is 0 Å². The second-order valence-corrected chi connectivity index (χ2v) is 5.29. The highest BCUT2D eigenvalue weighted by Crippen LogP contribution is 2.21. The number of carbonyl (C=O) groups is 3. The van der Waals surface area contributed by atoms with Crippen molar-refractivity contribution in [3.8, 4) is 0 Å². The van der Waals surface area contributed by atoms with Gasteiger partial charge in [-0.05, 0) is 31.9 Å². The molecular weight excluding hydrogens is 314 g/mol. The Hall–Kier alpha value is -2.64. The Morgan fingerprint density at radius 2 is 2.21 bits per heavy atom. The van der Waals surface area contributed by atoms with Crippen molar-refractivity contribution in [2.24, 2.45) is 0 Å². The van der Waals surface area contributed by atoms with E-state index in [-0.39, 0.29) is 19.1 Å². The van der Waals surface area contributed by atoms with Crippen molar-refractivity contribution in [2.75, 3.05) is 20.3 Å². The van der Waals surface area contributed by atoms with Gasteiger partial charge in [-0.2, -0.15) is 0 Å². The lowest BCUT2D eigenvalue weighted by molar-refractivity contribution is -0.145. The van der Waals surface area contributed by atoms with Gasteiger partial charge in [0, 0.05) is 18.3 Å². The molecule has 0 saturated carbocycles. The van der Waals surface area contributed by atoms with Crippen LogP contribution in [-0.2, 0) is 20.8 Å². The minimum atomic E-state index is -0.545. The predicted octanol–water partition coefficient (Wildman–Crippen LogP) is 1.11. The third kappa shape index (κ3) is 4.21. The number of amides is 2. The highest BCUT2D eigenvalue weighted by Gasteiger charge is 2.35. The molecule has 0 spiro atoms. The zero-order chi connectivity index (χ0) is 17.5. The van der Waals surface area contributed by atoms with Crippen LogP contribution in [0.1, 0.15) is 35.8 Å². The van der Waals surface area contributed by atoms with E-state index in [9.17, 15) is 14.4 Å². The fourth-order valence-electron chi connectivity index (χ4n) is 2.61. The number of hydrogen-bond donors (Lipinski definition) is 1. The molecule has 1 aliphatic rings. The maximum Gasteiger partial charge on any atom is 0.407 e. The van der Waals surface area contributed by atoms with Crippen LogP contribution in [0.5, 0.6) is 0 Å². The van der Waals surface area contributed by atoms with Gasteiger partial charge in [-0.3, -0.25) is 9.78 Å². The van der Waals surface area contributed by atoms with E-state index in [4.69, 9.17) is 9.47 Å². The summed E-state index contributed by atoms with van der Waals surface area (Å²) in [5.74, 6) is -0.651. The van der Waals surface area contributed by atoms with E-state index in [1.165, 1.54) is 18.2 Å². The van der Waals surface area contributed by atoms with Crippen LogP contribution in [0.25, 0.3) is 0 Å². The number of nitrogens with zero attached hydrogens (tertiary/aromatic N) is 2. The number of esters is 1. The summed E-state index contributed by atoms with van der Waals surface area (Å²) in [5.41, 5.74) is 0.948. The van der Waals surface area contributed by atoms with Crippen molar-refractivity contribution in [3.05, 3.63) is 29.6 Å². The summed E-state index contributed by atoms with van der Waals surface area (Å²) < 4.78 is 9.53. The molecule has 0 aromatic carbocycles. The average Bonchev–Trinajstić information content (AvgIpc) is 3.09. The number of ether oxygens (including phenoxy) is 2. The molecule has 1 saturated heterocycles. The molecule has 8 nitrogen and oxygen atoms in total. The summed E-state index contributed by atoms with van der Waals surface area (Å²) in [5, 5.41) is 2.55. The summed E-state index contributed by atoms with van der Waals surface area (Å²) >= 11 is 0. The average molecular weight is 335 g/mol. The molecule has 1 N–H and O–H groups in total. The first kappa shape index (κ1) is 17.7. The Kier molecular flexibility index (Phi) is 6.11. The summed E-state index contributed by atoms with van der Waals surface area (Å²) in [6.45, 7) is 2.66. The van der Waals surface area contributed by atoms with Gasteiger partial charge in [-0.15, -0.1) is 0 Å². The zero-order valence-corrected chi connectivity index (χ0v) is 13.8. The van der Waals surface area contributed by atoms with Gasteiger partial charge in [0.15, 0.2) is 0 Å². The van der Waals surface area contributed by atoms with E-state index in [1.807, 2.05) is 0 Å². The Balaban J connectivity index is 2.06. The normalized spacial score (nSPS) is 16.6. The first-order valence-electron chi connectivity index (χ1n) is 7.81. The van der Waals surface area contributed by atoms with E-state index >= 15 is 0 Å². The first-order chi connectivity index (χ1) is 11.6. The second-order valence-electron chi connectivity index (χ2n) is 5.29. The largest absolute Gasteiger partial charge is 0.467 e. The van der Waals surface area contributed by atoms with Crippen LogP contribution in [0.15, 0.2) is 18.3 Å². The van der Waals surface area contributed by atoms with Gasteiger partial charge in [0.25, 0.3) is 5.91 Å². The number of rotatable bonds is 5. The van der Waals surface area contributed by atoms with Gasteiger partial charge < -0.3 is 19.7 Å².